The Hall–Kier alpha value is -1.41. The Bertz CT molecular complexity index is 474. The molecule has 0 aliphatic carbocycles. The Kier molecular flexibility index (Phi) is 5.15. The smallest absolute Gasteiger partial charge is 0.0733 e. The first-order valence-corrected chi connectivity index (χ1v) is 6.95. The van der Waals surface area contributed by atoms with Gasteiger partial charge in [-0.2, -0.15) is 0 Å². The van der Waals surface area contributed by atoms with E-state index in [1.54, 1.807) is 0 Å². The SMILES string of the molecule is CCCNCCCCc1cccc2cccnc12. The van der Waals surface area contributed by atoms with Gasteiger partial charge in [-0.1, -0.05) is 31.2 Å². The highest BCUT2D eigenvalue weighted by Gasteiger charge is 2.01. The third-order valence-corrected chi connectivity index (χ3v) is 3.19. The van der Waals surface area contributed by atoms with Gasteiger partial charge in [-0.05, 0) is 50.4 Å². The lowest BCUT2D eigenvalue weighted by Gasteiger charge is -2.06. The number of fused-ring (bicyclic) bond motifs is 1. The molecule has 18 heavy (non-hydrogen) atoms. The summed E-state index contributed by atoms with van der Waals surface area (Å²) in [6.07, 6.45) is 6.69. The first-order chi connectivity index (χ1) is 8.92. The number of unbranched alkanes of at least 4 members (excludes halogenated alkanes) is 1. The van der Waals surface area contributed by atoms with Crippen LogP contribution in [0.5, 0.6) is 0 Å². The second kappa shape index (κ2) is 7.12. The lowest BCUT2D eigenvalue weighted by Crippen LogP contribution is -2.15. The summed E-state index contributed by atoms with van der Waals surface area (Å²) in [5, 5.41) is 4.69. The van der Waals surface area contributed by atoms with Crippen molar-refractivity contribution < 1.29 is 0 Å². The fourth-order valence-electron chi connectivity index (χ4n) is 2.24. The minimum Gasteiger partial charge on any atom is -0.317 e. The molecule has 0 unspecified atom stereocenters. The molecule has 0 fully saturated rings. The van der Waals surface area contributed by atoms with E-state index >= 15 is 0 Å². The molecule has 1 N–H and O–H groups in total. The van der Waals surface area contributed by atoms with Crippen LogP contribution in [0.4, 0.5) is 0 Å². The largest absolute Gasteiger partial charge is 0.317 e. The Morgan fingerprint density at radius 3 is 2.83 bits per heavy atom. The van der Waals surface area contributed by atoms with Crippen molar-refractivity contribution in [1.29, 1.82) is 0 Å². The zero-order valence-electron chi connectivity index (χ0n) is 11.2. The molecule has 2 rings (SSSR count). The molecule has 0 aliphatic heterocycles. The molecule has 0 spiro atoms. The number of rotatable bonds is 7. The minimum absolute atomic E-state index is 1.13. The van der Waals surface area contributed by atoms with Crippen LogP contribution in [0, 0.1) is 0 Å². The Morgan fingerprint density at radius 2 is 1.94 bits per heavy atom. The van der Waals surface area contributed by atoms with Crippen molar-refractivity contribution in [2.45, 2.75) is 32.6 Å². The van der Waals surface area contributed by atoms with Gasteiger partial charge in [0.25, 0.3) is 0 Å². The molecule has 0 saturated heterocycles. The first-order valence-electron chi connectivity index (χ1n) is 6.95. The van der Waals surface area contributed by atoms with Crippen LogP contribution in [0.3, 0.4) is 0 Å². The third-order valence-electron chi connectivity index (χ3n) is 3.19. The second-order valence-electron chi connectivity index (χ2n) is 4.70. The predicted molar refractivity (Wildman–Crippen MR) is 77.8 cm³/mol. The molecular formula is C16H22N2. The molecule has 1 heterocycles. The summed E-state index contributed by atoms with van der Waals surface area (Å²) >= 11 is 0. The van der Waals surface area contributed by atoms with Crippen LogP contribution in [-0.4, -0.2) is 18.1 Å². The molecule has 0 bridgehead atoms. The highest BCUT2D eigenvalue weighted by molar-refractivity contribution is 5.81. The lowest BCUT2D eigenvalue weighted by molar-refractivity contribution is 0.617. The average molecular weight is 242 g/mol. The lowest BCUT2D eigenvalue weighted by atomic mass is 10.0. The maximum Gasteiger partial charge on any atom is 0.0733 e. The van der Waals surface area contributed by atoms with E-state index in [2.05, 4.69) is 41.5 Å². The van der Waals surface area contributed by atoms with Gasteiger partial charge in [0.15, 0.2) is 0 Å². The summed E-state index contributed by atoms with van der Waals surface area (Å²) in [5.41, 5.74) is 2.55. The van der Waals surface area contributed by atoms with E-state index in [1.165, 1.54) is 35.7 Å². The Labute approximate surface area is 109 Å². The van der Waals surface area contributed by atoms with Crippen molar-refractivity contribution in [2.24, 2.45) is 0 Å². The van der Waals surface area contributed by atoms with E-state index in [-0.39, 0.29) is 0 Å². The predicted octanol–water partition coefficient (Wildman–Crippen LogP) is 3.56. The van der Waals surface area contributed by atoms with Gasteiger partial charge in [0, 0.05) is 11.6 Å². The van der Waals surface area contributed by atoms with Crippen LogP contribution in [0.1, 0.15) is 31.7 Å². The minimum atomic E-state index is 1.13. The molecule has 0 saturated carbocycles. The van der Waals surface area contributed by atoms with Gasteiger partial charge in [0.05, 0.1) is 5.52 Å². The maximum absolute atomic E-state index is 4.49. The third kappa shape index (κ3) is 3.54. The van der Waals surface area contributed by atoms with Crippen molar-refractivity contribution in [3.63, 3.8) is 0 Å². The monoisotopic (exact) mass is 242 g/mol. The molecule has 0 amide bonds. The molecular weight excluding hydrogens is 220 g/mol. The number of aryl methyl sites for hydroxylation is 1. The molecule has 0 atom stereocenters. The van der Waals surface area contributed by atoms with Crippen molar-refractivity contribution in [2.75, 3.05) is 13.1 Å². The number of aromatic nitrogens is 1. The highest BCUT2D eigenvalue weighted by Crippen LogP contribution is 2.17. The standard InChI is InChI=1S/C16H22N2/c1-2-11-17-12-4-3-7-14-8-5-9-15-10-6-13-18-16(14)15/h5-6,8-10,13,17H,2-4,7,11-12H2,1H3. The van der Waals surface area contributed by atoms with Gasteiger partial charge in [0.1, 0.15) is 0 Å². The zero-order chi connectivity index (χ0) is 12.6. The van der Waals surface area contributed by atoms with Crippen molar-refractivity contribution in [3.8, 4) is 0 Å². The van der Waals surface area contributed by atoms with Crippen LogP contribution in [0.25, 0.3) is 10.9 Å². The number of hydrogen-bond acceptors (Lipinski definition) is 2. The van der Waals surface area contributed by atoms with Crippen molar-refractivity contribution >= 4 is 10.9 Å². The van der Waals surface area contributed by atoms with Gasteiger partial charge in [-0.25, -0.2) is 0 Å². The van der Waals surface area contributed by atoms with E-state index in [4.69, 9.17) is 0 Å². The summed E-state index contributed by atoms with van der Waals surface area (Å²) < 4.78 is 0. The summed E-state index contributed by atoms with van der Waals surface area (Å²) in [7, 11) is 0. The van der Waals surface area contributed by atoms with E-state index in [9.17, 15) is 0 Å². The van der Waals surface area contributed by atoms with Crippen LogP contribution in [-0.2, 0) is 6.42 Å². The van der Waals surface area contributed by atoms with Crippen LogP contribution < -0.4 is 5.32 Å². The zero-order valence-corrected chi connectivity index (χ0v) is 11.2. The highest BCUT2D eigenvalue weighted by atomic mass is 14.8. The molecule has 0 radical (unpaired) electrons. The van der Waals surface area contributed by atoms with Crippen LogP contribution in [0.2, 0.25) is 0 Å². The topological polar surface area (TPSA) is 24.9 Å². The van der Waals surface area contributed by atoms with Gasteiger partial charge in [0.2, 0.25) is 0 Å². The number of para-hydroxylation sites is 1. The van der Waals surface area contributed by atoms with Crippen molar-refractivity contribution in [1.82, 2.24) is 10.3 Å². The van der Waals surface area contributed by atoms with Crippen molar-refractivity contribution in [3.05, 3.63) is 42.1 Å². The number of pyridine rings is 1. The molecule has 2 nitrogen and oxygen atoms in total. The number of benzene rings is 1. The maximum atomic E-state index is 4.49. The van der Waals surface area contributed by atoms with Gasteiger partial charge in [-0.3, -0.25) is 4.98 Å². The summed E-state index contributed by atoms with van der Waals surface area (Å²) in [5.74, 6) is 0. The molecule has 1 aromatic carbocycles. The number of nitrogens with zero attached hydrogens (tertiary/aromatic N) is 1. The van der Waals surface area contributed by atoms with Crippen LogP contribution in [0.15, 0.2) is 36.5 Å². The second-order valence-corrected chi connectivity index (χ2v) is 4.70. The molecule has 96 valence electrons. The van der Waals surface area contributed by atoms with Gasteiger partial charge in [-0.15, -0.1) is 0 Å². The fourth-order valence-corrected chi connectivity index (χ4v) is 2.24. The van der Waals surface area contributed by atoms with E-state index < -0.39 is 0 Å². The average Bonchev–Trinajstić information content (AvgIpc) is 2.43. The van der Waals surface area contributed by atoms with Crippen LogP contribution >= 0.6 is 0 Å². The molecule has 2 heteroatoms. The molecule has 2 aromatic rings. The van der Waals surface area contributed by atoms with E-state index in [0.717, 1.165) is 19.5 Å². The fraction of sp³-hybridized carbons (Fsp3) is 0.438. The quantitative estimate of drug-likeness (QED) is 0.751. The van der Waals surface area contributed by atoms with E-state index in [1.807, 2.05) is 12.3 Å². The number of nitrogens with one attached hydrogen (secondary N) is 1. The summed E-state index contributed by atoms with van der Waals surface area (Å²) in [4.78, 5) is 4.49. The summed E-state index contributed by atoms with van der Waals surface area (Å²) in [6, 6.07) is 10.6. The van der Waals surface area contributed by atoms with E-state index in [0.29, 0.717) is 0 Å². The number of hydrogen-bond donors (Lipinski definition) is 1. The van der Waals surface area contributed by atoms with Gasteiger partial charge >= 0.3 is 0 Å². The Balaban J connectivity index is 1.88. The molecule has 1 aromatic heterocycles. The Morgan fingerprint density at radius 1 is 1.06 bits per heavy atom. The normalized spacial score (nSPS) is 10.9. The van der Waals surface area contributed by atoms with Gasteiger partial charge < -0.3 is 5.32 Å². The first kappa shape index (κ1) is 13.0. The molecule has 0 aliphatic rings. The summed E-state index contributed by atoms with van der Waals surface area (Å²) in [6.45, 7) is 4.47.